The predicted octanol–water partition coefficient (Wildman–Crippen LogP) is 1.48. The second kappa shape index (κ2) is 4.97. The zero-order chi connectivity index (χ0) is 13.2. The summed E-state index contributed by atoms with van der Waals surface area (Å²) in [7, 11) is -1.27. The highest BCUT2D eigenvalue weighted by Crippen LogP contribution is 2.19. The lowest BCUT2D eigenvalue weighted by Gasteiger charge is -1.99. The minimum absolute atomic E-state index is 0.187. The van der Waals surface area contributed by atoms with Crippen molar-refractivity contribution in [1.29, 1.82) is 0 Å². The molecule has 0 saturated carbocycles. The molecule has 0 amide bonds. The van der Waals surface area contributed by atoms with Crippen molar-refractivity contribution in [2.45, 2.75) is 13.0 Å². The summed E-state index contributed by atoms with van der Waals surface area (Å²) in [6, 6.07) is 5.66. The third-order valence-corrected chi connectivity index (χ3v) is 3.69. The number of sulfone groups is 1. The van der Waals surface area contributed by atoms with Gasteiger partial charge in [0.25, 0.3) is 0 Å². The number of benzene rings is 1. The van der Waals surface area contributed by atoms with Gasteiger partial charge in [0.1, 0.15) is 15.6 Å². The van der Waals surface area contributed by atoms with E-state index in [0.717, 1.165) is 16.7 Å². The summed E-state index contributed by atoms with van der Waals surface area (Å²) in [5.74, 6) is 0.977. The van der Waals surface area contributed by atoms with Crippen molar-refractivity contribution in [1.82, 2.24) is 9.78 Å². The first-order valence-corrected chi connectivity index (χ1v) is 7.73. The Balaban J connectivity index is 2.10. The van der Waals surface area contributed by atoms with E-state index in [1.54, 1.807) is 11.8 Å². The Kier molecular flexibility index (Phi) is 3.56. The lowest BCUT2D eigenvalue weighted by Crippen LogP contribution is -2.07. The fourth-order valence-electron chi connectivity index (χ4n) is 1.79. The molecule has 5 nitrogen and oxygen atoms in total. The van der Waals surface area contributed by atoms with Gasteiger partial charge in [-0.05, 0) is 24.6 Å². The average molecular weight is 268 g/mol. The number of aromatic nitrogens is 2. The Bertz CT molecular complexity index is 646. The number of nitrogens with zero attached hydrogens (tertiary/aromatic N) is 2. The fraction of sp³-hybridized carbons (Fsp3) is 0.417. The molecule has 0 radical (unpaired) electrons. The molecule has 0 aliphatic heterocycles. The van der Waals surface area contributed by atoms with E-state index in [0.29, 0.717) is 13.0 Å². The Morgan fingerprint density at radius 3 is 2.83 bits per heavy atom. The van der Waals surface area contributed by atoms with Crippen LogP contribution in [-0.4, -0.2) is 37.3 Å². The molecule has 1 heterocycles. The first-order chi connectivity index (χ1) is 8.48. The summed E-state index contributed by atoms with van der Waals surface area (Å²) < 4.78 is 29.0. The SMILES string of the molecule is COc1ccc2nn(CCCS(C)(=O)=O)cc2c1. The zero-order valence-electron chi connectivity index (χ0n) is 10.5. The molecule has 2 aromatic rings. The van der Waals surface area contributed by atoms with Gasteiger partial charge < -0.3 is 4.74 Å². The van der Waals surface area contributed by atoms with Crippen molar-refractivity contribution >= 4 is 20.7 Å². The van der Waals surface area contributed by atoms with Gasteiger partial charge in [-0.15, -0.1) is 0 Å². The lowest BCUT2D eigenvalue weighted by molar-refractivity contribution is 0.415. The van der Waals surface area contributed by atoms with Crippen molar-refractivity contribution < 1.29 is 13.2 Å². The van der Waals surface area contributed by atoms with E-state index in [2.05, 4.69) is 5.10 Å². The second-order valence-electron chi connectivity index (χ2n) is 4.30. The quantitative estimate of drug-likeness (QED) is 0.824. The van der Waals surface area contributed by atoms with Gasteiger partial charge in [0.15, 0.2) is 0 Å². The summed E-state index contributed by atoms with van der Waals surface area (Å²) >= 11 is 0. The van der Waals surface area contributed by atoms with E-state index >= 15 is 0 Å². The van der Waals surface area contributed by atoms with Crippen LogP contribution in [0.1, 0.15) is 6.42 Å². The smallest absolute Gasteiger partial charge is 0.147 e. The minimum Gasteiger partial charge on any atom is -0.497 e. The molecule has 98 valence electrons. The highest BCUT2D eigenvalue weighted by molar-refractivity contribution is 7.90. The summed E-state index contributed by atoms with van der Waals surface area (Å²) in [5, 5.41) is 5.37. The van der Waals surface area contributed by atoms with Gasteiger partial charge in [0, 0.05) is 24.4 Å². The molecule has 0 N–H and O–H groups in total. The van der Waals surface area contributed by atoms with Crippen LogP contribution in [0.4, 0.5) is 0 Å². The van der Waals surface area contributed by atoms with Crippen molar-refractivity contribution in [3.05, 3.63) is 24.4 Å². The van der Waals surface area contributed by atoms with Gasteiger partial charge in [-0.3, -0.25) is 4.68 Å². The maximum Gasteiger partial charge on any atom is 0.147 e. The van der Waals surface area contributed by atoms with E-state index in [9.17, 15) is 8.42 Å². The molecule has 0 aliphatic carbocycles. The van der Waals surface area contributed by atoms with Gasteiger partial charge in [-0.1, -0.05) is 0 Å². The van der Waals surface area contributed by atoms with Gasteiger partial charge >= 0.3 is 0 Å². The van der Waals surface area contributed by atoms with Crippen LogP contribution in [0.2, 0.25) is 0 Å². The number of hydrogen-bond acceptors (Lipinski definition) is 4. The highest BCUT2D eigenvalue weighted by atomic mass is 32.2. The number of fused-ring (bicyclic) bond motifs is 1. The molecule has 0 spiro atoms. The molecule has 2 rings (SSSR count). The molecule has 18 heavy (non-hydrogen) atoms. The third kappa shape index (κ3) is 3.22. The zero-order valence-corrected chi connectivity index (χ0v) is 11.3. The van der Waals surface area contributed by atoms with E-state index < -0.39 is 9.84 Å². The van der Waals surface area contributed by atoms with E-state index in [1.807, 2.05) is 24.4 Å². The number of methoxy groups -OCH3 is 1. The average Bonchev–Trinajstić information content (AvgIpc) is 2.68. The van der Waals surface area contributed by atoms with E-state index in [-0.39, 0.29) is 5.75 Å². The van der Waals surface area contributed by atoms with Crippen molar-refractivity contribution in [2.75, 3.05) is 19.1 Å². The van der Waals surface area contributed by atoms with Crippen LogP contribution >= 0.6 is 0 Å². The highest BCUT2D eigenvalue weighted by Gasteiger charge is 2.05. The lowest BCUT2D eigenvalue weighted by atomic mass is 10.2. The minimum atomic E-state index is -2.90. The van der Waals surface area contributed by atoms with Crippen LogP contribution in [-0.2, 0) is 16.4 Å². The maximum atomic E-state index is 11.0. The molecule has 0 unspecified atom stereocenters. The number of hydrogen-bond donors (Lipinski definition) is 0. The predicted molar refractivity (Wildman–Crippen MR) is 70.6 cm³/mol. The summed E-state index contributed by atoms with van der Waals surface area (Å²) in [6.45, 7) is 0.601. The number of ether oxygens (including phenoxy) is 1. The molecular weight excluding hydrogens is 252 g/mol. The summed E-state index contributed by atoms with van der Waals surface area (Å²) in [5.41, 5.74) is 0.884. The molecule has 6 heteroatoms. The number of aryl methyl sites for hydroxylation is 1. The monoisotopic (exact) mass is 268 g/mol. The second-order valence-corrected chi connectivity index (χ2v) is 6.56. The van der Waals surface area contributed by atoms with Crippen LogP contribution in [0.5, 0.6) is 5.75 Å². The van der Waals surface area contributed by atoms with Gasteiger partial charge in [0.05, 0.1) is 18.4 Å². The first kappa shape index (κ1) is 12.9. The van der Waals surface area contributed by atoms with Crippen LogP contribution < -0.4 is 4.74 Å². The molecule has 0 aliphatic rings. The molecule has 0 saturated heterocycles. The van der Waals surface area contributed by atoms with Crippen molar-refractivity contribution in [2.24, 2.45) is 0 Å². The number of rotatable bonds is 5. The maximum absolute atomic E-state index is 11.0. The molecule has 0 bridgehead atoms. The van der Waals surface area contributed by atoms with E-state index in [1.165, 1.54) is 6.26 Å². The Morgan fingerprint density at radius 1 is 1.39 bits per heavy atom. The normalized spacial score (nSPS) is 11.9. The first-order valence-electron chi connectivity index (χ1n) is 5.67. The van der Waals surface area contributed by atoms with Crippen LogP contribution in [0.3, 0.4) is 0 Å². The largest absolute Gasteiger partial charge is 0.497 e. The van der Waals surface area contributed by atoms with Gasteiger partial charge in [0.2, 0.25) is 0 Å². The molecule has 0 atom stereocenters. The van der Waals surface area contributed by atoms with E-state index in [4.69, 9.17) is 4.74 Å². The van der Waals surface area contributed by atoms with Gasteiger partial charge in [-0.25, -0.2) is 8.42 Å². The molecule has 1 aromatic heterocycles. The topological polar surface area (TPSA) is 61.2 Å². The van der Waals surface area contributed by atoms with Crippen molar-refractivity contribution in [3.8, 4) is 5.75 Å². The Hall–Kier alpha value is -1.56. The van der Waals surface area contributed by atoms with Gasteiger partial charge in [-0.2, -0.15) is 5.10 Å². The summed E-state index contributed by atoms with van der Waals surface area (Å²) in [4.78, 5) is 0. The Morgan fingerprint density at radius 2 is 2.17 bits per heavy atom. The molecule has 0 fully saturated rings. The fourth-order valence-corrected chi connectivity index (χ4v) is 2.44. The van der Waals surface area contributed by atoms with Crippen LogP contribution in [0.25, 0.3) is 10.9 Å². The Labute approximate surface area is 106 Å². The third-order valence-electron chi connectivity index (χ3n) is 2.66. The van der Waals surface area contributed by atoms with Crippen LogP contribution in [0, 0.1) is 0 Å². The molecular formula is C12H16N2O3S. The van der Waals surface area contributed by atoms with Crippen LogP contribution in [0.15, 0.2) is 24.4 Å². The standard InChI is InChI=1S/C12H16N2O3S/c1-17-11-4-5-12-10(8-11)9-14(13-12)6-3-7-18(2,15)16/h4-5,8-9H,3,6-7H2,1-2H3. The van der Waals surface area contributed by atoms with Crippen molar-refractivity contribution in [3.63, 3.8) is 0 Å². The molecule has 1 aromatic carbocycles. The summed E-state index contributed by atoms with van der Waals surface area (Å²) in [6.07, 6.45) is 3.72.